The fourth-order valence-electron chi connectivity index (χ4n) is 3.40. The molecule has 0 bridgehead atoms. The van der Waals surface area contributed by atoms with E-state index in [2.05, 4.69) is 27.6 Å². The number of ether oxygens (including phenoxy) is 1. The molecule has 0 saturated heterocycles. The molecule has 5 nitrogen and oxygen atoms in total. The highest BCUT2D eigenvalue weighted by Gasteiger charge is 2.25. The number of nitrogens with one attached hydrogen (secondary N) is 2. The molecule has 0 radical (unpaired) electrons. The number of benzene rings is 2. The highest BCUT2D eigenvalue weighted by atomic mass is 16.5. The van der Waals surface area contributed by atoms with Gasteiger partial charge in [0, 0.05) is 5.56 Å². The molecule has 4 rings (SSSR count). The van der Waals surface area contributed by atoms with Crippen molar-refractivity contribution in [3.05, 3.63) is 71.4 Å². The Hall–Kier alpha value is -3.08. The maximum Gasteiger partial charge on any atom is 0.255 e. The van der Waals surface area contributed by atoms with Gasteiger partial charge in [0.2, 0.25) is 0 Å². The summed E-state index contributed by atoms with van der Waals surface area (Å²) in [7, 11) is 1.62. The van der Waals surface area contributed by atoms with Crippen LogP contribution in [0, 0.1) is 0 Å². The van der Waals surface area contributed by atoms with Gasteiger partial charge in [-0.05, 0) is 36.1 Å². The van der Waals surface area contributed by atoms with Crippen LogP contribution in [0.25, 0.3) is 11.3 Å². The van der Waals surface area contributed by atoms with Crippen LogP contribution in [0.1, 0.15) is 33.9 Å². The molecular weight excluding hydrogens is 314 g/mol. The van der Waals surface area contributed by atoms with Crippen LogP contribution in [0.5, 0.6) is 5.75 Å². The van der Waals surface area contributed by atoms with Crippen LogP contribution in [-0.4, -0.2) is 23.2 Å². The van der Waals surface area contributed by atoms with Gasteiger partial charge in [-0.15, -0.1) is 0 Å². The van der Waals surface area contributed by atoms with Gasteiger partial charge in [-0.1, -0.05) is 36.4 Å². The quantitative estimate of drug-likeness (QED) is 0.768. The van der Waals surface area contributed by atoms with Gasteiger partial charge in [0.1, 0.15) is 5.75 Å². The lowest BCUT2D eigenvalue weighted by Crippen LogP contribution is -2.27. The van der Waals surface area contributed by atoms with E-state index in [1.54, 1.807) is 13.3 Å². The highest BCUT2D eigenvalue weighted by molar-refractivity contribution is 6.00. The van der Waals surface area contributed by atoms with Crippen molar-refractivity contribution < 1.29 is 9.53 Å². The highest BCUT2D eigenvalue weighted by Crippen LogP contribution is 2.31. The van der Waals surface area contributed by atoms with Crippen molar-refractivity contribution in [1.82, 2.24) is 15.5 Å². The minimum atomic E-state index is -0.117. The molecule has 1 heterocycles. The number of amides is 1. The standard InChI is InChI=1S/C20H19N3O2/c1-25-15-7-4-6-14(11-15)19-17(12-21-23-19)20(24)22-18-10-9-13-5-2-3-8-16(13)18/h2-8,11-12,18H,9-10H2,1H3,(H,21,23)(H,22,24)/t18-/m1/s1. The third-order valence-corrected chi connectivity index (χ3v) is 4.68. The van der Waals surface area contributed by atoms with E-state index in [9.17, 15) is 4.79 Å². The predicted octanol–water partition coefficient (Wildman–Crippen LogP) is 3.50. The van der Waals surface area contributed by atoms with Gasteiger partial charge in [0.05, 0.1) is 30.6 Å². The average molecular weight is 333 g/mol. The first-order valence-electron chi connectivity index (χ1n) is 8.32. The Morgan fingerprint density at radius 3 is 3.00 bits per heavy atom. The number of hydrogen-bond acceptors (Lipinski definition) is 3. The molecule has 2 N–H and O–H groups in total. The van der Waals surface area contributed by atoms with Gasteiger partial charge >= 0.3 is 0 Å². The van der Waals surface area contributed by atoms with Crippen molar-refractivity contribution in [3.63, 3.8) is 0 Å². The maximum absolute atomic E-state index is 12.8. The summed E-state index contributed by atoms with van der Waals surface area (Å²) in [6.45, 7) is 0. The van der Waals surface area contributed by atoms with Crippen LogP contribution >= 0.6 is 0 Å². The average Bonchev–Trinajstić information content (AvgIpc) is 3.29. The molecule has 126 valence electrons. The fraction of sp³-hybridized carbons (Fsp3) is 0.200. The van der Waals surface area contributed by atoms with Gasteiger partial charge in [0.25, 0.3) is 5.91 Å². The SMILES string of the molecule is COc1cccc(-c2[nH]ncc2C(=O)N[C@@H]2CCc3ccccc32)c1. The molecule has 0 spiro atoms. The number of carbonyl (C=O) groups is 1. The predicted molar refractivity (Wildman–Crippen MR) is 95.5 cm³/mol. The monoisotopic (exact) mass is 333 g/mol. The van der Waals surface area contributed by atoms with Crippen LogP contribution in [0.15, 0.2) is 54.7 Å². The molecule has 1 atom stereocenters. The number of aromatic amines is 1. The molecule has 0 unspecified atom stereocenters. The van der Waals surface area contributed by atoms with Crippen LogP contribution < -0.4 is 10.1 Å². The number of fused-ring (bicyclic) bond motifs is 1. The van der Waals surface area contributed by atoms with Crippen molar-refractivity contribution in [2.75, 3.05) is 7.11 Å². The summed E-state index contributed by atoms with van der Waals surface area (Å²) in [5, 5.41) is 10.1. The smallest absolute Gasteiger partial charge is 0.255 e. The van der Waals surface area contributed by atoms with Crippen LogP contribution in [-0.2, 0) is 6.42 Å². The zero-order chi connectivity index (χ0) is 17.2. The Bertz CT molecular complexity index is 917. The second-order valence-corrected chi connectivity index (χ2v) is 6.15. The third kappa shape index (κ3) is 2.89. The first kappa shape index (κ1) is 15.4. The lowest BCUT2D eigenvalue weighted by Gasteiger charge is -2.14. The van der Waals surface area contributed by atoms with E-state index >= 15 is 0 Å². The van der Waals surface area contributed by atoms with Crippen LogP contribution in [0.4, 0.5) is 0 Å². The summed E-state index contributed by atoms with van der Waals surface area (Å²) in [6, 6.07) is 15.9. The molecule has 5 heteroatoms. The summed E-state index contributed by atoms with van der Waals surface area (Å²) < 4.78 is 5.27. The van der Waals surface area contributed by atoms with Crippen LogP contribution in [0.3, 0.4) is 0 Å². The fourth-order valence-corrected chi connectivity index (χ4v) is 3.40. The Morgan fingerprint density at radius 1 is 1.24 bits per heavy atom. The molecule has 0 fully saturated rings. The lowest BCUT2D eigenvalue weighted by atomic mass is 10.1. The zero-order valence-corrected chi connectivity index (χ0v) is 14.0. The van der Waals surface area contributed by atoms with E-state index in [4.69, 9.17) is 4.74 Å². The van der Waals surface area contributed by atoms with E-state index in [1.165, 1.54) is 11.1 Å². The lowest BCUT2D eigenvalue weighted by molar-refractivity contribution is 0.0937. The van der Waals surface area contributed by atoms with E-state index < -0.39 is 0 Å². The number of aromatic nitrogens is 2. The molecule has 0 aliphatic heterocycles. The number of rotatable bonds is 4. The molecule has 2 aromatic carbocycles. The number of hydrogen-bond donors (Lipinski definition) is 2. The largest absolute Gasteiger partial charge is 0.497 e. The molecular formula is C20H19N3O2. The molecule has 1 aliphatic carbocycles. The van der Waals surface area contributed by atoms with Gasteiger partial charge < -0.3 is 10.1 Å². The van der Waals surface area contributed by atoms with Crippen molar-refractivity contribution in [2.24, 2.45) is 0 Å². The zero-order valence-electron chi connectivity index (χ0n) is 14.0. The van der Waals surface area contributed by atoms with Gasteiger partial charge in [-0.25, -0.2) is 0 Å². The minimum Gasteiger partial charge on any atom is -0.497 e. The molecule has 1 aromatic heterocycles. The van der Waals surface area contributed by atoms with Crippen molar-refractivity contribution >= 4 is 5.91 Å². The van der Waals surface area contributed by atoms with Crippen molar-refractivity contribution in [2.45, 2.75) is 18.9 Å². The third-order valence-electron chi connectivity index (χ3n) is 4.68. The van der Waals surface area contributed by atoms with Gasteiger partial charge in [0.15, 0.2) is 0 Å². The molecule has 1 amide bonds. The molecule has 25 heavy (non-hydrogen) atoms. The topological polar surface area (TPSA) is 67.0 Å². The normalized spacial score (nSPS) is 15.6. The van der Waals surface area contributed by atoms with E-state index in [-0.39, 0.29) is 11.9 Å². The van der Waals surface area contributed by atoms with E-state index in [0.717, 1.165) is 24.2 Å². The molecule has 1 aliphatic rings. The van der Waals surface area contributed by atoms with Crippen LogP contribution in [0.2, 0.25) is 0 Å². The Labute approximate surface area is 146 Å². The summed E-state index contributed by atoms with van der Waals surface area (Å²) in [4.78, 5) is 12.8. The summed E-state index contributed by atoms with van der Waals surface area (Å²) in [6.07, 6.45) is 3.50. The molecule has 3 aromatic rings. The second-order valence-electron chi connectivity index (χ2n) is 6.15. The summed E-state index contributed by atoms with van der Waals surface area (Å²) in [5.41, 5.74) is 4.63. The summed E-state index contributed by atoms with van der Waals surface area (Å²) in [5.74, 6) is 0.622. The Kier molecular flexibility index (Phi) is 3.98. The number of carbonyl (C=O) groups excluding carboxylic acids is 1. The first-order chi connectivity index (χ1) is 12.3. The van der Waals surface area contributed by atoms with Gasteiger partial charge in [-0.3, -0.25) is 9.89 Å². The maximum atomic E-state index is 12.8. The van der Waals surface area contributed by atoms with Gasteiger partial charge in [-0.2, -0.15) is 5.10 Å². The molecule has 0 saturated carbocycles. The number of H-pyrrole nitrogens is 1. The Balaban J connectivity index is 1.59. The van der Waals surface area contributed by atoms with E-state index in [0.29, 0.717) is 11.3 Å². The second kappa shape index (κ2) is 6.43. The first-order valence-corrected chi connectivity index (χ1v) is 8.32. The summed E-state index contributed by atoms with van der Waals surface area (Å²) >= 11 is 0. The Morgan fingerprint density at radius 2 is 2.12 bits per heavy atom. The van der Waals surface area contributed by atoms with Crippen molar-refractivity contribution in [3.8, 4) is 17.0 Å². The van der Waals surface area contributed by atoms with Crippen molar-refractivity contribution in [1.29, 1.82) is 0 Å². The van der Waals surface area contributed by atoms with E-state index in [1.807, 2.05) is 36.4 Å². The number of nitrogens with zero attached hydrogens (tertiary/aromatic N) is 1. The number of aryl methyl sites for hydroxylation is 1. The minimum absolute atomic E-state index is 0.0526. The number of methoxy groups -OCH3 is 1.